The van der Waals surface area contributed by atoms with E-state index in [2.05, 4.69) is 20.9 Å². The van der Waals surface area contributed by atoms with Crippen LogP contribution in [0, 0.1) is 0 Å². The largest absolute Gasteiger partial charge is 0.477 e. The van der Waals surface area contributed by atoms with E-state index in [1.165, 1.54) is 4.40 Å². The van der Waals surface area contributed by atoms with E-state index in [9.17, 15) is 4.79 Å². The molecule has 0 amide bonds. The van der Waals surface area contributed by atoms with Gasteiger partial charge in [0, 0.05) is 6.20 Å². The monoisotopic (exact) mass is 302 g/mol. The number of hydrogen-bond acceptors (Lipinski definition) is 2. The Labute approximate surface area is 105 Å². The smallest absolute Gasteiger partial charge is 0.354 e. The van der Waals surface area contributed by atoms with Gasteiger partial charge in [0.25, 0.3) is 0 Å². The van der Waals surface area contributed by atoms with Crippen LogP contribution in [0.2, 0.25) is 5.02 Å². The highest BCUT2D eigenvalue weighted by Crippen LogP contribution is 2.25. The fraction of sp³-hybridized carbons (Fsp3) is 0.200. The van der Waals surface area contributed by atoms with Gasteiger partial charge in [0.15, 0.2) is 11.3 Å². The summed E-state index contributed by atoms with van der Waals surface area (Å²) in [6.07, 6.45) is 2.12. The van der Waals surface area contributed by atoms with E-state index in [0.717, 1.165) is 0 Å². The van der Waals surface area contributed by atoms with Gasteiger partial charge in [-0.15, -0.1) is 0 Å². The molecular formula is C10H8BrClN2O2. The number of carbonyl (C=O) groups is 1. The van der Waals surface area contributed by atoms with Crippen molar-refractivity contribution < 1.29 is 9.90 Å². The molecular weight excluding hydrogens is 295 g/mol. The second kappa shape index (κ2) is 4.07. The highest BCUT2D eigenvalue weighted by atomic mass is 79.9. The van der Waals surface area contributed by atoms with E-state index in [0.29, 0.717) is 27.3 Å². The number of aryl methyl sites for hydroxylation is 1. The van der Waals surface area contributed by atoms with Crippen LogP contribution >= 0.6 is 27.5 Å². The first-order valence-corrected chi connectivity index (χ1v) is 5.81. The Hall–Kier alpha value is -1.07. The molecule has 2 aromatic heterocycles. The molecule has 0 saturated heterocycles. The maximum absolute atomic E-state index is 11.2. The average Bonchev–Trinajstić information content (AvgIpc) is 2.56. The summed E-state index contributed by atoms with van der Waals surface area (Å²) in [4.78, 5) is 15.4. The van der Waals surface area contributed by atoms with E-state index < -0.39 is 5.97 Å². The number of aromatic nitrogens is 2. The molecule has 0 aliphatic rings. The van der Waals surface area contributed by atoms with Crippen LogP contribution in [0.5, 0.6) is 0 Å². The van der Waals surface area contributed by atoms with E-state index in [1.807, 2.05) is 6.92 Å². The number of nitrogens with zero attached hydrogens (tertiary/aromatic N) is 2. The summed E-state index contributed by atoms with van der Waals surface area (Å²) in [7, 11) is 0. The number of fused-ring (bicyclic) bond motifs is 1. The first-order chi connectivity index (χ1) is 7.54. The summed E-state index contributed by atoms with van der Waals surface area (Å²) in [6.45, 7) is 1.86. The third-order valence-electron chi connectivity index (χ3n) is 2.25. The van der Waals surface area contributed by atoms with E-state index in [4.69, 9.17) is 16.7 Å². The predicted octanol–water partition coefficient (Wildman–Crippen LogP) is 3.01. The van der Waals surface area contributed by atoms with Crippen LogP contribution in [-0.2, 0) is 6.42 Å². The quantitative estimate of drug-likeness (QED) is 0.928. The molecule has 0 spiro atoms. The standard InChI is InChI=1S/C10H8BrClN2O2/c1-2-7-8(10(15)16)14-4-5(12)3-6(11)9(14)13-7/h3-4H,2H2,1H3,(H,15,16). The molecule has 84 valence electrons. The van der Waals surface area contributed by atoms with Gasteiger partial charge in [-0.3, -0.25) is 4.40 Å². The van der Waals surface area contributed by atoms with Crippen molar-refractivity contribution in [1.82, 2.24) is 9.38 Å². The minimum absolute atomic E-state index is 0.167. The van der Waals surface area contributed by atoms with Crippen LogP contribution < -0.4 is 0 Å². The van der Waals surface area contributed by atoms with Crippen LogP contribution in [0.15, 0.2) is 16.7 Å². The van der Waals surface area contributed by atoms with Gasteiger partial charge in [0.05, 0.1) is 15.2 Å². The lowest BCUT2D eigenvalue weighted by atomic mass is 10.2. The molecule has 2 aromatic rings. The molecule has 0 fully saturated rings. The van der Waals surface area contributed by atoms with Gasteiger partial charge in [-0.25, -0.2) is 9.78 Å². The first-order valence-electron chi connectivity index (χ1n) is 4.64. The zero-order chi connectivity index (χ0) is 11.9. The van der Waals surface area contributed by atoms with Crippen LogP contribution in [0.3, 0.4) is 0 Å². The fourth-order valence-corrected chi connectivity index (χ4v) is 2.46. The van der Waals surface area contributed by atoms with Crippen LogP contribution in [-0.4, -0.2) is 20.5 Å². The van der Waals surface area contributed by atoms with E-state index >= 15 is 0 Å². The number of pyridine rings is 1. The van der Waals surface area contributed by atoms with Crippen LogP contribution in [0.25, 0.3) is 5.65 Å². The lowest BCUT2D eigenvalue weighted by Gasteiger charge is -2.00. The van der Waals surface area contributed by atoms with Crippen molar-refractivity contribution in [2.24, 2.45) is 0 Å². The zero-order valence-corrected chi connectivity index (χ0v) is 10.7. The molecule has 6 heteroatoms. The zero-order valence-electron chi connectivity index (χ0n) is 8.37. The molecule has 0 unspecified atom stereocenters. The highest BCUT2D eigenvalue weighted by molar-refractivity contribution is 9.10. The van der Waals surface area contributed by atoms with Gasteiger partial charge in [-0.1, -0.05) is 18.5 Å². The molecule has 0 aromatic carbocycles. The van der Waals surface area contributed by atoms with Gasteiger partial charge < -0.3 is 5.11 Å². The molecule has 0 atom stereocenters. The third-order valence-corrected chi connectivity index (χ3v) is 3.04. The van der Waals surface area contributed by atoms with Gasteiger partial charge in [0.2, 0.25) is 0 Å². The maximum atomic E-state index is 11.2. The molecule has 0 saturated carbocycles. The molecule has 1 N–H and O–H groups in total. The Bertz CT molecular complexity index is 580. The molecule has 0 aliphatic heterocycles. The van der Waals surface area contributed by atoms with Crippen molar-refractivity contribution >= 4 is 39.1 Å². The van der Waals surface area contributed by atoms with Gasteiger partial charge in [-0.05, 0) is 28.4 Å². The second-order valence-electron chi connectivity index (χ2n) is 3.27. The van der Waals surface area contributed by atoms with Crippen LogP contribution in [0.4, 0.5) is 0 Å². The summed E-state index contributed by atoms with van der Waals surface area (Å²) in [5.74, 6) is -1.00. The number of aromatic carboxylic acids is 1. The summed E-state index contributed by atoms with van der Waals surface area (Å²) in [5, 5.41) is 9.61. The Balaban J connectivity index is 2.89. The lowest BCUT2D eigenvalue weighted by Crippen LogP contribution is -2.04. The Morgan fingerprint density at radius 2 is 2.38 bits per heavy atom. The van der Waals surface area contributed by atoms with Gasteiger partial charge in [-0.2, -0.15) is 0 Å². The SMILES string of the molecule is CCc1nc2c(Br)cc(Cl)cn2c1C(=O)O. The predicted molar refractivity (Wildman–Crippen MR) is 64.2 cm³/mol. The molecule has 4 nitrogen and oxygen atoms in total. The summed E-state index contributed by atoms with van der Waals surface area (Å²) in [5.41, 5.74) is 1.29. The Morgan fingerprint density at radius 3 is 2.94 bits per heavy atom. The van der Waals surface area contributed by atoms with Crippen molar-refractivity contribution in [3.8, 4) is 0 Å². The maximum Gasteiger partial charge on any atom is 0.354 e. The van der Waals surface area contributed by atoms with E-state index in [1.54, 1.807) is 12.3 Å². The number of hydrogen-bond donors (Lipinski definition) is 1. The normalized spacial score (nSPS) is 10.9. The molecule has 0 aliphatic carbocycles. The third kappa shape index (κ3) is 1.70. The topological polar surface area (TPSA) is 54.6 Å². The molecule has 2 heterocycles. The van der Waals surface area contributed by atoms with E-state index in [-0.39, 0.29) is 5.69 Å². The molecule has 16 heavy (non-hydrogen) atoms. The van der Waals surface area contributed by atoms with Crippen LogP contribution in [0.1, 0.15) is 23.1 Å². The van der Waals surface area contributed by atoms with Crippen molar-refractivity contribution in [3.05, 3.63) is 33.1 Å². The average molecular weight is 304 g/mol. The minimum atomic E-state index is -1.00. The lowest BCUT2D eigenvalue weighted by molar-refractivity contribution is 0.0688. The van der Waals surface area contributed by atoms with Crippen molar-refractivity contribution in [2.75, 3.05) is 0 Å². The summed E-state index contributed by atoms with van der Waals surface area (Å²) >= 11 is 9.19. The molecule has 2 rings (SSSR count). The number of carboxylic acid groups (broad SMARTS) is 1. The fourth-order valence-electron chi connectivity index (χ4n) is 1.59. The summed E-state index contributed by atoms with van der Waals surface area (Å²) < 4.78 is 2.18. The Kier molecular flexibility index (Phi) is 2.90. The highest BCUT2D eigenvalue weighted by Gasteiger charge is 2.18. The minimum Gasteiger partial charge on any atom is -0.477 e. The molecule has 0 radical (unpaired) electrons. The second-order valence-corrected chi connectivity index (χ2v) is 4.56. The number of halogens is 2. The number of imidazole rings is 1. The number of carboxylic acids is 1. The molecule has 0 bridgehead atoms. The van der Waals surface area contributed by atoms with Crippen molar-refractivity contribution in [3.63, 3.8) is 0 Å². The Morgan fingerprint density at radius 1 is 1.69 bits per heavy atom. The van der Waals surface area contributed by atoms with Crippen molar-refractivity contribution in [1.29, 1.82) is 0 Å². The number of rotatable bonds is 2. The van der Waals surface area contributed by atoms with Gasteiger partial charge in [0.1, 0.15) is 0 Å². The summed E-state index contributed by atoms with van der Waals surface area (Å²) in [6, 6.07) is 1.69. The van der Waals surface area contributed by atoms with Crippen molar-refractivity contribution in [2.45, 2.75) is 13.3 Å². The first kappa shape index (κ1) is 11.4. The van der Waals surface area contributed by atoms with Gasteiger partial charge >= 0.3 is 5.97 Å².